The number of carbonyl (C=O) groups excluding carboxylic acids is 1. The molecule has 1 saturated carbocycles. The summed E-state index contributed by atoms with van der Waals surface area (Å²) in [6.07, 6.45) is 7.26. The van der Waals surface area contributed by atoms with Crippen molar-refractivity contribution in [3.8, 4) is 5.88 Å². The normalized spacial score (nSPS) is 20.5. The Morgan fingerprint density at radius 1 is 1.15 bits per heavy atom. The average molecular weight is 447 g/mol. The van der Waals surface area contributed by atoms with Gasteiger partial charge in [0.1, 0.15) is 12.2 Å². The number of fused-ring (bicyclic) bond motifs is 2. The molecule has 3 aromatic rings. The maximum absolute atomic E-state index is 12.3. The van der Waals surface area contributed by atoms with E-state index in [9.17, 15) is 4.79 Å². The van der Waals surface area contributed by atoms with E-state index in [1.807, 2.05) is 45.3 Å². The van der Waals surface area contributed by atoms with Crippen LogP contribution in [0.4, 0.5) is 0 Å². The first kappa shape index (κ1) is 21.8. The molecule has 1 aliphatic heterocycles. The number of cyclic esters (lactones) is 1. The van der Waals surface area contributed by atoms with Gasteiger partial charge in [-0.3, -0.25) is 9.97 Å². The molecule has 0 bridgehead atoms. The first-order valence-corrected chi connectivity index (χ1v) is 11.7. The number of ether oxygens (including phenoxy) is 2. The molecule has 1 fully saturated rings. The van der Waals surface area contributed by atoms with E-state index >= 15 is 0 Å². The van der Waals surface area contributed by atoms with E-state index < -0.39 is 5.54 Å². The summed E-state index contributed by atoms with van der Waals surface area (Å²) in [5.74, 6) is 0.417. The van der Waals surface area contributed by atoms with Gasteiger partial charge in [0.15, 0.2) is 0 Å². The van der Waals surface area contributed by atoms with Gasteiger partial charge in [0, 0.05) is 41.7 Å². The summed E-state index contributed by atoms with van der Waals surface area (Å²) in [4.78, 5) is 26.4. The van der Waals surface area contributed by atoms with Gasteiger partial charge in [0.2, 0.25) is 5.88 Å². The molecule has 1 aliphatic carbocycles. The lowest BCUT2D eigenvalue weighted by molar-refractivity contribution is 0.0214. The van der Waals surface area contributed by atoms with E-state index in [-0.39, 0.29) is 24.1 Å². The van der Waals surface area contributed by atoms with E-state index in [4.69, 9.17) is 25.2 Å². The van der Waals surface area contributed by atoms with Crippen LogP contribution in [0.1, 0.15) is 85.9 Å². The fourth-order valence-corrected chi connectivity index (χ4v) is 4.52. The van der Waals surface area contributed by atoms with Gasteiger partial charge in [0.25, 0.3) is 0 Å². The number of rotatable bonds is 6. The van der Waals surface area contributed by atoms with Crippen LogP contribution in [0.5, 0.6) is 5.88 Å². The Hall–Kier alpha value is -3.06. The lowest BCUT2D eigenvalue weighted by Gasteiger charge is -2.29. The molecule has 172 valence electrons. The second-order valence-corrected chi connectivity index (χ2v) is 9.77. The molecule has 7 heteroatoms. The van der Waals surface area contributed by atoms with Crippen molar-refractivity contribution in [3.63, 3.8) is 0 Å². The summed E-state index contributed by atoms with van der Waals surface area (Å²) < 4.78 is 11.5. The van der Waals surface area contributed by atoms with E-state index in [1.165, 1.54) is 0 Å². The highest BCUT2D eigenvalue weighted by atomic mass is 16.5. The predicted molar refractivity (Wildman–Crippen MR) is 125 cm³/mol. The van der Waals surface area contributed by atoms with Crippen LogP contribution >= 0.6 is 0 Å². The van der Waals surface area contributed by atoms with Crippen molar-refractivity contribution in [3.05, 3.63) is 58.8 Å². The Bertz CT molecular complexity index is 1230. The third-order valence-corrected chi connectivity index (χ3v) is 6.50. The van der Waals surface area contributed by atoms with Crippen LogP contribution in [0, 0.1) is 0 Å². The molecule has 0 radical (unpaired) electrons. The van der Waals surface area contributed by atoms with Gasteiger partial charge < -0.3 is 15.2 Å². The van der Waals surface area contributed by atoms with Gasteiger partial charge in [0.05, 0.1) is 16.6 Å². The summed E-state index contributed by atoms with van der Waals surface area (Å²) in [6, 6.07) is 5.78. The van der Waals surface area contributed by atoms with Crippen LogP contribution in [-0.2, 0) is 16.7 Å². The van der Waals surface area contributed by atoms with Gasteiger partial charge in [-0.15, -0.1) is 0 Å². The smallest absolute Gasteiger partial charge is 0.340 e. The fraction of sp³-hybridized carbons (Fsp3) is 0.462. The number of aromatic nitrogens is 3. The Morgan fingerprint density at radius 3 is 2.64 bits per heavy atom. The number of nitrogens with two attached hydrogens (primary N) is 1. The summed E-state index contributed by atoms with van der Waals surface area (Å²) in [6.45, 7) is 7.97. The van der Waals surface area contributed by atoms with Crippen molar-refractivity contribution < 1.29 is 14.3 Å². The third kappa shape index (κ3) is 4.17. The van der Waals surface area contributed by atoms with Crippen LogP contribution < -0.4 is 10.5 Å². The molecule has 0 amide bonds. The molecule has 0 spiro atoms. The van der Waals surface area contributed by atoms with Crippen LogP contribution in [-0.4, -0.2) is 33.1 Å². The number of hydrogen-bond acceptors (Lipinski definition) is 7. The summed E-state index contributed by atoms with van der Waals surface area (Å²) >= 11 is 0. The van der Waals surface area contributed by atoms with E-state index in [1.54, 1.807) is 0 Å². The third-order valence-electron chi connectivity index (χ3n) is 6.50. The van der Waals surface area contributed by atoms with Crippen LogP contribution in [0.2, 0.25) is 0 Å². The predicted octanol–water partition coefficient (Wildman–Crippen LogP) is 4.40. The van der Waals surface area contributed by atoms with Crippen LogP contribution in [0.25, 0.3) is 10.8 Å². The van der Waals surface area contributed by atoms with E-state index in [2.05, 4.69) is 18.0 Å². The zero-order valence-corrected chi connectivity index (χ0v) is 19.6. The number of pyridine rings is 3. The molecule has 0 unspecified atom stereocenters. The molecule has 5 rings (SSSR count). The Balaban J connectivity index is 1.53. The van der Waals surface area contributed by atoms with Crippen molar-refractivity contribution in [1.29, 1.82) is 0 Å². The molecule has 0 aromatic carbocycles. The second kappa shape index (κ2) is 8.06. The van der Waals surface area contributed by atoms with Crippen molar-refractivity contribution in [2.75, 3.05) is 0 Å². The number of nitrogens with zero attached hydrogens (tertiary/aromatic N) is 3. The highest BCUT2D eigenvalue weighted by Gasteiger charge is 2.33. The standard InChI is InChI=1S/C26H30N4O3/c1-5-18-14(2)32-25(31)19-9-6-15(30-23(18)19)10-16-11-20-21(12-28-16)24(33-17-7-8-17)29-13-22(20)26(3,4)27/h6,9,11-14,17-18H,5,7-8,10,27H2,1-4H3/t14-,18+/m1/s1. The molecule has 2 N–H and O–H groups in total. The Labute approximate surface area is 193 Å². The molecule has 3 aromatic heterocycles. The van der Waals surface area contributed by atoms with Gasteiger partial charge >= 0.3 is 5.97 Å². The minimum atomic E-state index is -0.559. The van der Waals surface area contributed by atoms with Crippen molar-refractivity contribution in [1.82, 2.24) is 15.0 Å². The second-order valence-electron chi connectivity index (χ2n) is 9.77. The van der Waals surface area contributed by atoms with Crippen molar-refractivity contribution in [2.45, 2.75) is 77.0 Å². The molecule has 4 heterocycles. The maximum Gasteiger partial charge on any atom is 0.340 e. The lowest BCUT2D eigenvalue weighted by Crippen LogP contribution is -2.31. The SMILES string of the molecule is CC[C@@H]1c2nc(Cc3cc4c(C(C)(C)N)cnc(OC5CC5)c4cn3)ccc2C(=O)O[C@@H]1C. The topological polar surface area (TPSA) is 100 Å². The first-order chi connectivity index (χ1) is 15.7. The highest BCUT2D eigenvalue weighted by Crippen LogP contribution is 2.35. The first-order valence-electron chi connectivity index (χ1n) is 11.7. The zero-order chi connectivity index (χ0) is 23.3. The average Bonchev–Trinajstić information content (AvgIpc) is 3.57. The molecular formula is C26H30N4O3. The van der Waals surface area contributed by atoms with Crippen molar-refractivity contribution >= 4 is 16.7 Å². The van der Waals surface area contributed by atoms with E-state index in [0.717, 1.165) is 52.7 Å². The van der Waals surface area contributed by atoms with Crippen LogP contribution in [0.15, 0.2) is 30.6 Å². The van der Waals surface area contributed by atoms with E-state index in [0.29, 0.717) is 17.9 Å². The molecule has 7 nitrogen and oxygen atoms in total. The monoisotopic (exact) mass is 446 g/mol. The Kier molecular flexibility index (Phi) is 5.32. The lowest BCUT2D eigenvalue weighted by atomic mass is 9.90. The number of esters is 1. The molecule has 0 saturated heterocycles. The maximum atomic E-state index is 12.3. The minimum absolute atomic E-state index is 0.0973. The number of carbonyl (C=O) groups is 1. The molecule has 2 atom stereocenters. The molecule has 2 aliphatic rings. The van der Waals surface area contributed by atoms with Gasteiger partial charge in [-0.05, 0) is 69.2 Å². The Morgan fingerprint density at radius 2 is 1.94 bits per heavy atom. The number of hydrogen-bond donors (Lipinski definition) is 1. The summed E-state index contributed by atoms with van der Waals surface area (Å²) in [5.41, 5.74) is 10.00. The van der Waals surface area contributed by atoms with Gasteiger partial charge in [-0.1, -0.05) is 6.92 Å². The zero-order valence-electron chi connectivity index (χ0n) is 19.6. The largest absolute Gasteiger partial charge is 0.474 e. The minimum Gasteiger partial charge on any atom is -0.474 e. The summed E-state index contributed by atoms with van der Waals surface area (Å²) in [7, 11) is 0. The van der Waals surface area contributed by atoms with Gasteiger partial charge in [-0.2, -0.15) is 0 Å². The molecule has 33 heavy (non-hydrogen) atoms. The highest BCUT2D eigenvalue weighted by molar-refractivity contribution is 5.92. The van der Waals surface area contributed by atoms with Crippen molar-refractivity contribution in [2.24, 2.45) is 5.73 Å². The molecular weight excluding hydrogens is 416 g/mol. The fourth-order valence-electron chi connectivity index (χ4n) is 4.52. The van der Waals surface area contributed by atoms with Gasteiger partial charge in [-0.25, -0.2) is 9.78 Å². The van der Waals surface area contributed by atoms with Crippen LogP contribution in [0.3, 0.4) is 0 Å². The quantitative estimate of drug-likeness (QED) is 0.560. The summed E-state index contributed by atoms with van der Waals surface area (Å²) in [5, 5.41) is 1.88.